The minimum absolute atomic E-state index is 0. The minimum atomic E-state index is 0. The Hall–Kier alpha value is -1.71. The topological polar surface area (TPSA) is 21.7 Å². The lowest BCUT2D eigenvalue weighted by Crippen LogP contribution is -2.20. The molecular weight excluding hydrogens is 334 g/mol. The second-order valence-electron chi connectivity index (χ2n) is 6.95. The molecule has 0 bridgehead atoms. The number of likely N-dealkylation sites (tertiary alicyclic amines) is 1. The standard InChI is InChI=1S/C21H25NO2.ClH/c1-23-20-11-10-17-18(21(20)24-2)9-8-16-13-22(14-19(16)17)12-15-6-4-3-5-7-15;/h3-7,10-11,16,19H,8-9,12-14H2,1-2H3;1H. The Bertz CT molecular complexity index is 719. The zero-order valence-corrected chi connectivity index (χ0v) is 15.7. The fourth-order valence-electron chi connectivity index (χ4n) is 4.52. The molecule has 1 aliphatic heterocycles. The molecule has 4 heteroatoms. The molecule has 4 rings (SSSR count). The average molecular weight is 360 g/mol. The monoisotopic (exact) mass is 359 g/mol. The van der Waals surface area contributed by atoms with E-state index in [0.717, 1.165) is 36.9 Å². The van der Waals surface area contributed by atoms with Gasteiger partial charge in [0.1, 0.15) is 0 Å². The Kier molecular flexibility index (Phi) is 5.55. The summed E-state index contributed by atoms with van der Waals surface area (Å²) >= 11 is 0. The van der Waals surface area contributed by atoms with Crippen LogP contribution < -0.4 is 9.47 Å². The summed E-state index contributed by atoms with van der Waals surface area (Å²) in [6, 6.07) is 15.1. The van der Waals surface area contributed by atoms with E-state index in [1.54, 1.807) is 14.2 Å². The number of benzene rings is 2. The van der Waals surface area contributed by atoms with Crippen LogP contribution in [0.3, 0.4) is 0 Å². The van der Waals surface area contributed by atoms with Gasteiger partial charge in [-0.2, -0.15) is 0 Å². The molecule has 1 fully saturated rings. The third-order valence-electron chi connectivity index (χ3n) is 5.61. The lowest BCUT2D eigenvalue weighted by molar-refractivity contribution is 0.313. The molecule has 3 nitrogen and oxygen atoms in total. The molecule has 25 heavy (non-hydrogen) atoms. The van der Waals surface area contributed by atoms with Crippen molar-refractivity contribution < 1.29 is 9.47 Å². The van der Waals surface area contributed by atoms with Gasteiger partial charge in [0.2, 0.25) is 0 Å². The van der Waals surface area contributed by atoms with Crippen LogP contribution in [0.2, 0.25) is 0 Å². The molecule has 2 aromatic rings. The molecule has 0 amide bonds. The van der Waals surface area contributed by atoms with Crippen LogP contribution in [0.15, 0.2) is 42.5 Å². The van der Waals surface area contributed by atoms with Crippen molar-refractivity contribution in [3.05, 3.63) is 59.2 Å². The fraction of sp³-hybridized carbons (Fsp3) is 0.429. The summed E-state index contributed by atoms with van der Waals surface area (Å²) < 4.78 is 11.1. The van der Waals surface area contributed by atoms with Gasteiger partial charge in [-0.25, -0.2) is 0 Å². The largest absolute Gasteiger partial charge is 0.493 e. The molecule has 2 aromatic carbocycles. The van der Waals surface area contributed by atoms with Crippen molar-refractivity contribution >= 4 is 12.4 Å². The summed E-state index contributed by atoms with van der Waals surface area (Å²) in [6.07, 6.45) is 2.34. The van der Waals surface area contributed by atoms with Crippen LogP contribution in [-0.2, 0) is 13.0 Å². The highest BCUT2D eigenvalue weighted by Gasteiger charge is 2.38. The Balaban J connectivity index is 0.00000182. The van der Waals surface area contributed by atoms with Crippen LogP contribution in [0.5, 0.6) is 11.5 Å². The number of methoxy groups -OCH3 is 2. The van der Waals surface area contributed by atoms with E-state index in [9.17, 15) is 0 Å². The maximum absolute atomic E-state index is 5.67. The smallest absolute Gasteiger partial charge is 0.164 e. The van der Waals surface area contributed by atoms with E-state index >= 15 is 0 Å². The molecule has 134 valence electrons. The predicted octanol–water partition coefficient (Wildman–Crippen LogP) is 4.29. The number of hydrogen-bond donors (Lipinski definition) is 0. The lowest BCUT2D eigenvalue weighted by atomic mass is 9.76. The van der Waals surface area contributed by atoms with Crippen molar-refractivity contribution in [2.75, 3.05) is 27.3 Å². The van der Waals surface area contributed by atoms with Gasteiger partial charge in [-0.15, -0.1) is 12.4 Å². The van der Waals surface area contributed by atoms with Gasteiger partial charge in [-0.3, -0.25) is 4.90 Å². The van der Waals surface area contributed by atoms with Crippen molar-refractivity contribution in [3.63, 3.8) is 0 Å². The Labute approximate surface area is 156 Å². The quantitative estimate of drug-likeness (QED) is 0.813. The summed E-state index contributed by atoms with van der Waals surface area (Å²) in [4.78, 5) is 2.61. The van der Waals surface area contributed by atoms with Gasteiger partial charge in [0.15, 0.2) is 11.5 Å². The maximum Gasteiger partial charge on any atom is 0.164 e. The highest BCUT2D eigenvalue weighted by molar-refractivity contribution is 5.85. The van der Waals surface area contributed by atoms with Crippen molar-refractivity contribution in [3.8, 4) is 11.5 Å². The highest BCUT2D eigenvalue weighted by Crippen LogP contribution is 2.47. The molecular formula is C21H26ClNO2. The van der Waals surface area contributed by atoms with Crippen LogP contribution >= 0.6 is 12.4 Å². The van der Waals surface area contributed by atoms with E-state index in [4.69, 9.17) is 9.47 Å². The molecule has 0 saturated carbocycles. The van der Waals surface area contributed by atoms with E-state index in [1.807, 2.05) is 0 Å². The number of halogens is 1. The summed E-state index contributed by atoms with van der Waals surface area (Å²) in [6.45, 7) is 3.39. The van der Waals surface area contributed by atoms with Gasteiger partial charge in [0.05, 0.1) is 14.2 Å². The minimum Gasteiger partial charge on any atom is -0.493 e. The van der Waals surface area contributed by atoms with Crippen LogP contribution in [0.25, 0.3) is 0 Å². The van der Waals surface area contributed by atoms with Crippen molar-refractivity contribution in [2.45, 2.75) is 25.3 Å². The van der Waals surface area contributed by atoms with E-state index in [2.05, 4.69) is 47.4 Å². The number of rotatable bonds is 4. The van der Waals surface area contributed by atoms with Gasteiger partial charge in [-0.05, 0) is 36.0 Å². The first-order chi connectivity index (χ1) is 11.8. The second kappa shape index (κ2) is 7.67. The van der Waals surface area contributed by atoms with E-state index in [-0.39, 0.29) is 12.4 Å². The van der Waals surface area contributed by atoms with Crippen LogP contribution in [0.4, 0.5) is 0 Å². The molecule has 2 atom stereocenters. The molecule has 2 unspecified atom stereocenters. The van der Waals surface area contributed by atoms with Crippen LogP contribution in [0.1, 0.15) is 29.0 Å². The molecule has 0 radical (unpaired) electrons. The predicted molar refractivity (Wildman–Crippen MR) is 103 cm³/mol. The van der Waals surface area contributed by atoms with Crippen LogP contribution in [-0.4, -0.2) is 32.2 Å². The molecule has 1 heterocycles. The molecule has 0 spiro atoms. The summed E-state index contributed by atoms with van der Waals surface area (Å²) in [5, 5.41) is 0. The van der Waals surface area contributed by atoms with E-state index in [1.165, 1.54) is 29.7 Å². The van der Waals surface area contributed by atoms with Gasteiger partial charge in [-0.1, -0.05) is 36.4 Å². The van der Waals surface area contributed by atoms with Crippen molar-refractivity contribution in [2.24, 2.45) is 5.92 Å². The fourth-order valence-corrected chi connectivity index (χ4v) is 4.52. The van der Waals surface area contributed by atoms with Crippen LogP contribution in [0, 0.1) is 5.92 Å². The zero-order valence-electron chi connectivity index (χ0n) is 14.9. The van der Waals surface area contributed by atoms with E-state index in [0.29, 0.717) is 5.92 Å². The first kappa shape index (κ1) is 18.1. The molecule has 1 saturated heterocycles. The van der Waals surface area contributed by atoms with E-state index < -0.39 is 0 Å². The number of fused-ring (bicyclic) bond motifs is 3. The summed E-state index contributed by atoms with van der Waals surface area (Å²) in [7, 11) is 3.47. The highest BCUT2D eigenvalue weighted by atomic mass is 35.5. The third kappa shape index (κ3) is 3.36. The lowest BCUT2D eigenvalue weighted by Gasteiger charge is -2.29. The molecule has 2 aliphatic rings. The van der Waals surface area contributed by atoms with Gasteiger partial charge < -0.3 is 9.47 Å². The van der Waals surface area contributed by atoms with Gasteiger partial charge in [0, 0.05) is 31.1 Å². The number of hydrogen-bond acceptors (Lipinski definition) is 3. The normalized spacial score (nSPS) is 21.8. The SMILES string of the molecule is COc1ccc2c(c1OC)CCC1CN(Cc3ccccc3)CC21.Cl. The Morgan fingerprint density at radius 3 is 2.52 bits per heavy atom. The second-order valence-corrected chi connectivity index (χ2v) is 6.95. The Morgan fingerprint density at radius 1 is 1.00 bits per heavy atom. The van der Waals surface area contributed by atoms with Gasteiger partial charge in [0.25, 0.3) is 0 Å². The Morgan fingerprint density at radius 2 is 1.80 bits per heavy atom. The molecule has 0 aromatic heterocycles. The zero-order chi connectivity index (χ0) is 16.5. The number of nitrogens with zero attached hydrogens (tertiary/aromatic N) is 1. The van der Waals surface area contributed by atoms with Crippen molar-refractivity contribution in [1.29, 1.82) is 0 Å². The molecule has 0 N–H and O–H groups in total. The maximum atomic E-state index is 5.67. The first-order valence-corrected chi connectivity index (χ1v) is 8.80. The average Bonchev–Trinajstić information content (AvgIpc) is 3.04. The summed E-state index contributed by atoms with van der Waals surface area (Å²) in [5.74, 6) is 3.18. The first-order valence-electron chi connectivity index (χ1n) is 8.80. The molecule has 1 aliphatic carbocycles. The van der Waals surface area contributed by atoms with Gasteiger partial charge >= 0.3 is 0 Å². The number of ether oxygens (including phenoxy) is 2. The van der Waals surface area contributed by atoms with Crippen molar-refractivity contribution in [1.82, 2.24) is 4.90 Å². The third-order valence-corrected chi connectivity index (χ3v) is 5.61. The summed E-state index contributed by atoms with van der Waals surface area (Å²) in [5.41, 5.74) is 4.24.